The van der Waals surface area contributed by atoms with Crippen LogP contribution in [0.2, 0.25) is 0 Å². The second kappa shape index (κ2) is 4.70. The normalized spacial score (nSPS) is 27.8. The van der Waals surface area contributed by atoms with Crippen molar-refractivity contribution in [2.45, 2.75) is 12.5 Å². The minimum Gasteiger partial charge on any atom is -0.464 e. The fourth-order valence-electron chi connectivity index (χ4n) is 2.75. The first-order chi connectivity index (χ1) is 9.70. The highest BCUT2D eigenvalue weighted by Gasteiger charge is 2.63. The van der Waals surface area contributed by atoms with Crippen molar-refractivity contribution in [2.75, 3.05) is 24.6 Å². The van der Waals surface area contributed by atoms with Gasteiger partial charge >= 0.3 is 5.97 Å². The molecule has 2 heterocycles. The van der Waals surface area contributed by atoms with Crippen LogP contribution in [0.25, 0.3) is 0 Å². The van der Waals surface area contributed by atoms with Gasteiger partial charge in [0.1, 0.15) is 0 Å². The molecule has 104 valence electrons. The van der Waals surface area contributed by atoms with Gasteiger partial charge in [-0.3, -0.25) is 4.79 Å². The summed E-state index contributed by atoms with van der Waals surface area (Å²) in [6.07, 6.45) is 0. The molecule has 1 fully saturated rings. The van der Waals surface area contributed by atoms with Gasteiger partial charge in [0.25, 0.3) is 11.4 Å². The molecule has 0 aliphatic carbocycles. The van der Waals surface area contributed by atoms with Gasteiger partial charge in [0, 0.05) is 18.2 Å². The fourth-order valence-corrected chi connectivity index (χ4v) is 2.75. The average molecular weight is 273 g/mol. The standard InChI is InChI=1S/C14H15N3O3/c1-2-20-13(19)14-10(8-15-16-14)9-17(12(14)18)11-6-4-3-5-7-11/h3-7,10H,2,8-9H2,1H3. The van der Waals surface area contributed by atoms with Crippen molar-refractivity contribution in [3.05, 3.63) is 30.3 Å². The topological polar surface area (TPSA) is 71.3 Å². The monoisotopic (exact) mass is 273 g/mol. The third kappa shape index (κ3) is 1.64. The molecule has 2 unspecified atom stereocenters. The maximum atomic E-state index is 12.7. The quantitative estimate of drug-likeness (QED) is 0.617. The molecule has 2 aliphatic rings. The molecular weight excluding hydrogens is 258 g/mol. The molecule has 1 amide bonds. The molecule has 0 N–H and O–H groups in total. The number of nitrogens with zero attached hydrogens (tertiary/aromatic N) is 3. The second-order valence-corrected chi connectivity index (χ2v) is 4.86. The van der Waals surface area contributed by atoms with Crippen molar-refractivity contribution in [3.63, 3.8) is 0 Å². The molecule has 20 heavy (non-hydrogen) atoms. The molecule has 0 spiro atoms. The highest BCUT2D eigenvalue weighted by atomic mass is 16.5. The Morgan fingerprint density at radius 1 is 1.45 bits per heavy atom. The van der Waals surface area contributed by atoms with Gasteiger partial charge in [0.2, 0.25) is 0 Å². The van der Waals surface area contributed by atoms with Crippen LogP contribution in [0.15, 0.2) is 40.6 Å². The number of hydrogen-bond acceptors (Lipinski definition) is 5. The number of amides is 1. The Labute approximate surface area is 116 Å². The van der Waals surface area contributed by atoms with Crippen molar-refractivity contribution < 1.29 is 14.3 Å². The number of carbonyl (C=O) groups is 2. The van der Waals surface area contributed by atoms with Gasteiger partial charge in [-0.05, 0) is 19.1 Å². The van der Waals surface area contributed by atoms with E-state index >= 15 is 0 Å². The summed E-state index contributed by atoms with van der Waals surface area (Å²) in [6.45, 7) is 2.76. The third-order valence-electron chi connectivity index (χ3n) is 3.75. The number of azo groups is 1. The second-order valence-electron chi connectivity index (χ2n) is 4.86. The highest BCUT2D eigenvalue weighted by molar-refractivity contribution is 6.17. The van der Waals surface area contributed by atoms with Crippen LogP contribution >= 0.6 is 0 Å². The predicted molar refractivity (Wildman–Crippen MR) is 71.4 cm³/mol. The molecule has 2 aliphatic heterocycles. The summed E-state index contributed by atoms with van der Waals surface area (Å²) in [7, 11) is 0. The summed E-state index contributed by atoms with van der Waals surface area (Å²) in [5.74, 6) is -1.17. The van der Waals surface area contributed by atoms with Crippen LogP contribution in [-0.2, 0) is 14.3 Å². The number of benzene rings is 1. The van der Waals surface area contributed by atoms with E-state index in [1.165, 1.54) is 0 Å². The van der Waals surface area contributed by atoms with E-state index in [1.54, 1.807) is 11.8 Å². The van der Waals surface area contributed by atoms with E-state index in [0.717, 1.165) is 5.69 Å². The number of fused-ring (bicyclic) bond motifs is 1. The lowest BCUT2D eigenvalue weighted by atomic mass is 9.88. The lowest BCUT2D eigenvalue weighted by Crippen LogP contribution is -2.48. The number of hydrogen-bond donors (Lipinski definition) is 0. The van der Waals surface area contributed by atoms with Crippen molar-refractivity contribution in [2.24, 2.45) is 16.1 Å². The van der Waals surface area contributed by atoms with Crippen LogP contribution < -0.4 is 4.90 Å². The van der Waals surface area contributed by atoms with E-state index in [-0.39, 0.29) is 18.4 Å². The number of para-hydroxylation sites is 1. The summed E-state index contributed by atoms with van der Waals surface area (Å²) < 4.78 is 5.04. The van der Waals surface area contributed by atoms with Crippen molar-refractivity contribution in [1.29, 1.82) is 0 Å². The Morgan fingerprint density at radius 2 is 2.20 bits per heavy atom. The Bertz CT molecular complexity index is 572. The zero-order chi connectivity index (χ0) is 14.2. The summed E-state index contributed by atoms with van der Waals surface area (Å²) in [6, 6.07) is 9.28. The lowest BCUT2D eigenvalue weighted by Gasteiger charge is -2.20. The minimum absolute atomic E-state index is 0.224. The van der Waals surface area contributed by atoms with E-state index in [2.05, 4.69) is 10.2 Å². The molecule has 6 nitrogen and oxygen atoms in total. The van der Waals surface area contributed by atoms with Gasteiger partial charge in [-0.25, -0.2) is 4.79 Å². The summed E-state index contributed by atoms with van der Waals surface area (Å²) in [4.78, 5) is 26.5. The van der Waals surface area contributed by atoms with Crippen LogP contribution in [0.4, 0.5) is 5.69 Å². The van der Waals surface area contributed by atoms with Gasteiger partial charge in [0.05, 0.1) is 13.2 Å². The highest BCUT2D eigenvalue weighted by Crippen LogP contribution is 2.40. The smallest absolute Gasteiger partial charge is 0.346 e. The van der Waals surface area contributed by atoms with Crippen molar-refractivity contribution in [3.8, 4) is 0 Å². The number of carbonyl (C=O) groups excluding carboxylic acids is 2. The first kappa shape index (κ1) is 12.8. The number of anilines is 1. The lowest BCUT2D eigenvalue weighted by molar-refractivity contribution is -0.153. The van der Waals surface area contributed by atoms with E-state index in [1.807, 2.05) is 30.3 Å². The van der Waals surface area contributed by atoms with E-state index < -0.39 is 11.5 Å². The molecule has 3 rings (SSSR count). The molecule has 2 atom stereocenters. The fraction of sp³-hybridized carbons (Fsp3) is 0.429. The van der Waals surface area contributed by atoms with Crippen molar-refractivity contribution >= 4 is 17.6 Å². The number of ether oxygens (including phenoxy) is 1. The Balaban J connectivity index is 1.97. The van der Waals surface area contributed by atoms with E-state index in [9.17, 15) is 9.59 Å². The summed E-state index contributed by atoms with van der Waals surface area (Å²) in [5, 5.41) is 7.86. The molecule has 1 aromatic rings. The van der Waals surface area contributed by atoms with E-state index in [4.69, 9.17) is 4.74 Å². The summed E-state index contributed by atoms with van der Waals surface area (Å²) >= 11 is 0. The van der Waals surface area contributed by atoms with Crippen molar-refractivity contribution in [1.82, 2.24) is 0 Å². The zero-order valence-electron chi connectivity index (χ0n) is 11.2. The minimum atomic E-state index is -1.47. The molecule has 0 saturated carbocycles. The van der Waals surface area contributed by atoms with Gasteiger partial charge in [-0.15, -0.1) is 0 Å². The maximum absolute atomic E-state index is 12.7. The van der Waals surface area contributed by atoms with Gasteiger partial charge in [-0.1, -0.05) is 18.2 Å². The predicted octanol–water partition coefficient (Wildman–Crippen LogP) is 1.42. The Hall–Kier alpha value is -2.24. The molecule has 1 aromatic carbocycles. The van der Waals surface area contributed by atoms with Crippen LogP contribution in [0.5, 0.6) is 0 Å². The Kier molecular flexibility index (Phi) is 3.00. The van der Waals surface area contributed by atoms with Gasteiger partial charge < -0.3 is 9.64 Å². The molecule has 1 saturated heterocycles. The van der Waals surface area contributed by atoms with Gasteiger partial charge in [-0.2, -0.15) is 10.2 Å². The SMILES string of the molecule is CCOC(=O)C12N=NCC1CN(c1ccccc1)C2=O. The van der Waals surface area contributed by atoms with Gasteiger partial charge in [0.15, 0.2) is 0 Å². The molecule has 0 bridgehead atoms. The van der Waals surface area contributed by atoms with Crippen LogP contribution in [0.3, 0.4) is 0 Å². The van der Waals surface area contributed by atoms with Crippen LogP contribution in [0.1, 0.15) is 6.92 Å². The average Bonchev–Trinajstić information content (AvgIpc) is 3.00. The third-order valence-corrected chi connectivity index (χ3v) is 3.75. The number of rotatable bonds is 3. The Morgan fingerprint density at radius 3 is 2.90 bits per heavy atom. The van der Waals surface area contributed by atoms with Crippen LogP contribution in [-0.4, -0.2) is 37.1 Å². The molecular formula is C14H15N3O3. The molecule has 6 heteroatoms. The first-order valence-corrected chi connectivity index (χ1v) is 6.63. The van der Waals surface area contributed by atoms with E-state index in [0.29, 0.717) is 13.1 Å². The molecule has 0 aromatic heterocycles. The largest absolute Gasteiger partial charge is 0.464 e. The van der Waals surface area contributed by atoms with Crippen LogP contribution in [0, 0.1) is 5.92 Å². The molecule has 0 radical (unpaired) electrons. The number of esters is 1. The first-order valence-electron chi connectivity index (χ1n) is 6.63. The zero-order valence-corrected chi connectivity index (χ0v) is 11.2. The summed E-state index contributed by atoms with van der Waals surface area (Å²) in [5.41, 5.74) is -0.697. The maximum Gasteiger partial charge on any atom is 0.346 e.